The summed E-state index contributed by atoms with van der Waals surface area (Å²) in [5, 5.41) is 2.09. The molecule has 1 N–H and O–H groups in total. The second-order valence-electron chi connectivity index (χ2n) is 2.82. The number of nitrogens with one attached hydrogen (secondary N) is 1. The van der Waals surface area contributed by atoms with E-state index in [1.807, 2.05) is 0 Å². The number of para-hydroxylation sites is 2. The van der Waals surface area contributed by atoms with Crippen LogP contribution in [0.3, 0.4) is 0 Å². The van der Waals surface area contributed by atoms with Crippen LogP contribution in [0.25, 0.3) is 0 Å². The van der Waals surface area contributed by atoms with Gasteiger partial charge in [0.2, 0.25) is 0 Å². The van der Waals surface area contributed by atoms with E-state index in [1.165, 1.54) is 24.3 Å². The molecule has 92 valence electrons. The van der Waals surface area contributed by atoms with Crippen LogP contribution in [-0.4, -0.2) is 25.6 Å². The van der Waals surface area contributed by atoms with Gasteiger partial charge in [-0.2, -0.15) is 8.78 Å². The minimum Gasteiger partial charge on any atom is -0.462 e. The van der Waals surface area contributed by atoms with Crippen molar-refractivity contribution in [2.45, 2.75) is 6.61 Å². The minimum atomic E-state index is -3.02. The summed E-state index contributed by atoms with van der Waals surface area (Å²) in [4.78, 5) is 22.0. The van der Waals surface area contributed by atoms with E-state index in [0.717, 1.165) is 7.11 Å². The fourth-order valence-corrected chi connectivity index (χ4v) is 1.03. The monoisotopic (exact) mass is 245 g/mol. The molecular weight excluding hydrogens is 236 g/mol. The summed E-state index contributed by atoms with van der Waals surface area (Å²) in [5.74, 6) is -2.44. The van der Waals surface area contributed by atoms with E-state index in [2.05, 4.69) is 14.8 Å². The van der Waals surface area contributed by atoms with Crippen molar-refractivity contribution < 1.29 is 27.8 Å². The van der Waals surface area contributed by atoms with Crippen LogP contribution < -0.4 is 10.1 Å². The maximum Gasteiger partial charge on any atom is 0.396 e. The first-order chi connectivity index (χ1) is 8.04. The largest absolute Gasteiger partial charge is 0.462 e. The van der Waals surface area contributed by atoms with Crippen LogP contribution in [0.2, 0.25) is 0 Å². The van der Waals surface area contributed by atoms with Crippen molar-refractivity contribution in [2.75, 3.05) is 12.4 Å². The molecule has 7 heteroatoms. The molecule has 1 rings (SSSR count). The maximum absolute atomic E-state index is 12.0. The molecule has 0 aliphatic heterocycles. The summed E-state index contributed by atoms with van der Waals surface area (Å²) in [7, 11) is 1.03. The van der Waals surface area contributed by atoms with Crippen LogP contribution in [0.15, 0.2) is 24.3 Å². The Morgan fingerprint density at radius 3 is 2.53 bits per heavy atom. The van der Waals surface area contributed by atoms with Crippen LogP contribution in [0.4, 0.5) is 14.5 Å². The Labute approximate surface area is 95.3 Å². The van der Waals surface area contributed by atoms with Gasteiger partial charge in [0.1, 0.15) is 5.75 Å². The molecule has 1 aromatic carbocycles. The van der Waals surface area contributed by atoms with E-state index < -0.39 is 18.5 Å². The van der Waals surface area contributed by atoms with Gasteiger partial charge in [0.05, 0.1) is 12.8 Å². The lowest BCUT2D eigenvalue weighted by Gasteiger charge is -2.10. The highest BCUT2D eigenvalue weighted by atomic mass is 19.3. The fraction of sp³-hybridized carbons (Fsp3) is 0.200. The van der Waals surface area contributed by atoms with Gasteiger partial charge in [0.15, 0.2) is 0 Å². The van der Waals surface area contributed by atoms with Gasteiger partial charge in [-0.05, 0) is 12.1 Å². The molecule has 0 bridgehead atoms. The first kappa shape index (κ1) is 12.9. The number of benzene rings is 1. The molecular formula is C10H9F2NO4. The van der Waals surface area contributed by atoms with Crippen molar-refractivity contribution in [2.24, 2.45) is 0 Å². The fourth-order valence-electron chi connectivity index (χ4n) is 1.03. The van der Waals surface area contributed by atoms with Gasteiger partial charge in [-0.15, -0.1) is 0 Å². The molecule has 1 aromatic rings. The van der Waals surface area contributed by atoms with Crippen LogP contribution in [0.5, 0.6) is 5.75 Å². The van der Waals surface area contributed by atoms with Gasteiger partial charge in [-0.1, -0.05) is 12.1 Å². The summed E-state index contributed by atoms with van der Waals surface area (Å²) in [6.45, 7) is -3.02. The number of carbonyl (C=O) groups excluding carboxylic acids is 2. The third-order valence-electron chi connectivity index (χ3n) is 1.72. The van der Waals surface area contributed by atoms with Gasteiger partial charge >= 0.3 is 18.5 Å². The Kier molecular flexibility index (Phi) is 4.38. The highest BCUT2D eigenvalue weighted by Crippen LogP contribution is 2.25. The molecule has 0 saturated heterocycles. The Morgan fingerprint density at radius 2 is 1.94 bits per heavy atom. The Hall–Kier alpha value is -2.18. The zero-order valence-electron chi connectivity index (χ0n) is 8.78. The van der Waals surface area contributed by atoms with Crippen LogP contribution >= 0.6 is 0 Å². The molecule has 0 atom stereocenters. The van der Waals surface area contributed by atoms with Gasteiger partial charge < -0.3 is 14.8 Å². The zero-order valence-corrected chi connectivity index (χ0v) is 8.78. The van der Waals surface area contributed by atoms with E-state index in [0.29, 0.717) is 0 Å². The number of alkyl halides is 2. The van der Waals surface area contributed by atoms with E-state index >= 15 is 0 Å². The van der Waals surface area contributed by atoms with Crippen LogP contribution in [-0.2, 0) is 14.3 Å². The SMILES string of the molecule is COC(=O)C(=O)Nc1ccccc1OC(F)F. The van der Waals surface area contributed by atoms with Gasteiger partial charge in [0, 0.05) is 0 Å². The number of rotatable bonds is 3. The molecule has 0 fully saturated rings. The summed E-state index contributed by atoms with van der Waals surface area (Å²) < 4.78 is 32.4. The van der Waals surface area contributed by atoms with Gasteiger partial charge in [0.25, 0.3) is 0 Å². The number of hydrogen-bond donors (Lipinski definition) is 1. The standard InChI is InChI=1S/C10H9F2NO4/c1-16-9(15)8(14)13-6-4-2-3-5-7(6)17-10(11)12/h2-5,10H,1H3,(H,13,14). The second-order valence-corrected chi connectivity index (χ2v) is 2.82. The third kappa shape index (κ3) is 3.71. The Morgan fingerprint density at radius 1 is 1.29 bits per heavy atom. The average Bonchev–Trinajstić information content (AvgIpc) is 2.29. The number of ether oxygens (including phenoxy) is 2. The molecule has 0 heterocycles. The molecule has 0 aliphatic rings. The second kappa shape index (κ2) is 5.78. The highest BCUT2D eigenvalue weighted by molar-refractivity contribution is 6.37. The number of hydrogen-bond acceptors (Lipinski definition) is 4. The number of halogens is 2. The summed E-state index contributed by atoms with van der Waals surface area (Å²) in [5.41, 5.74) is -0.0387. The predicted molar refractivity (Wildman–Crippen MR) is 53.7 cm³/mol. The highest BCUT2D eigenvalue weighted by Gasteiger charge is 2.17. The quantitative estimate of drug-likeness (QED) is 0.645. The molecule has 0 saturated carbocycles. The molecule has 0 radical (unpaired) electrons. The maximum atomic E-state index is 12.0. The third-order valence-corrected chi connectivity index (χ3v) is 1.72. The number of carbonyl (C=O) groups is 2. The Bertz CT molecular complexity index is 423. The lowest BCUT2D eigenvalue weighted by atomic mass is 10.3. The van der Waals surface area contributed by atoms with E-state index in [-0.39, 0.29) is 11.4 Å². The molecule has 17 heavy (non-hydrogen) atoms. The number of anilines is 1. The number of methoxy groups -OCH3 is 1. The van der Waals surface area contributed by atoms with E-state index in [4.69, 9.17) is 0 Å². The smallest absolute Gasteiger partial charge is 0.396 e. The first-order valence-electron chi connectivity index (χ1n) is 4.47. The molecule has 0 aromatic heterocycles. The van der Waals surface area contributed by atoms with Crippen molar-refractivity contribution >= 4 is 17.6 Å². The molecule has 1 amide bonds. The van der Waals surface area contributed by atoms with Crippen LogP contribution in [0, 0.1) is 0 Å². The minimum absolute atomic E-state index is 0.0387. The molecule has 0 spiro atoms. The molecule has 0 unspecified atom stereocenters. The molecule has 5 nitrogen and oxygen atoms in total. The van der Waals surface area contributed by atoms with Crippen molar-refractivity contribution in [3.8, 4) is 5.75 Å². The number of esters is 1. The van der Waals surface area contributed by atoms with E-state index in [9.17, 15) is 18.4 Å². The Balaban J connectivity index is 2.83. The van der Waals surface area contributed by atoms with Crippen molar-refractivity contribution in [1.29, 1.82) is 0 Å². The number of amides is 1. The lowest BCUT2D eigenvalue weighted by Crippen LogP contribution is -2.24. The molecule has 0 aliphatic carbocycles. The average molecular weight is 245 g/mol. The van der Waals surface area contributed by atoms with Crippen molar-refractivity contribution in [3.05, 3.63) is 24.3 Å². The van der Waals surface area contributed by atoms with Crippen LogP contribution in [0.1, 0.15) is 0 Å². The topological polar surface area (TPSA) is 64.6 Å². The van der Waals surface area contributed by atoms with Crippen molar-refractivity contribution in [1.82, 2.24) is 0 Å². The lowest BCUT2D eigenvalue weighted by molar-refractivity contribution is -0.150. The van der Waals surface area contributed by atoms with Crippen molar-refractivity contribution in [3.63, 3.8) is 0 Å². The summed E-state index contributed by atoms with van der Waals surface area (Å²) in [6, 6.07) is 5.49. The van der Waals surface area contributed by atoms with Gasteiger partial charge in [-0.25, -0.2) is 4.79 Å². The summed E-state index contributed by atoms with van der Waals surface area (Å²) in [6.07, 6.45) is 0. The van der Waals surface area contributed by atoms with E-state index in [1.54, 1.807) is 0 Å². The normalized spacial score (nSPS) is 9.88. The first-order valence-corrected chi connectivity index (χ1v) is 4.47. The summed E-state index contributed by atoms with van der Waals surface area (Å²) >= 11 is 0. The van der Waals surface area contributed by atoms with Gasteiger partial charge in [-0.3, -0.25) is 4.79 Å². The zero-order chi connectivity index (χ0) is 12.8. The predicted octanol–water partition coefficient (Wildman–Crippen LogP) is 1.40.